The second kappa shape index (κ2) is 6.91. The number of hydrogen-bond donors (Lipinski definition) is 1. The molecule has 0 radical (unpaired) electrons. The molecule has 1 rings (SSSR count). The van der Waals surface area contributed by atoms with Gasteiger partial charge in [-0.05, 0) is 41.1 Å². The summed E-state index contributed by atoms with van der Waals surface area (Å²) in [5, 5.41) is 2.49. The molecule has 106 valence electrons. The molecule has 0 unspecified atom stereocenters. The minimum Gasteiger partial charge on any atom is -0.380 e. The molecule has 0 saturated carbocycles. The molecule has 0 atom stereocenters. The number of alkyl halides is 3. The molecule has 3 nitrogen and oxygen atoms in total. The molecule has 1 N–H and O–H groups in total. The topological polar surface area (TPSA) is 38.3 Å². The second-order valence-corrected chi connectivity index (χ2v) is 4.50. The molecular formula is C12H13BrF3NO2. The fourth-order valence-corrected chi connectivity index (χ4v) is 1.78. The number of ether oxygens (including phenoxy) is 1. The van der Waals surface area contributed by atoms with E-state index in [1.165, 1.54) is 6.07 Å². The summed E-state index contributed by atoms with van der Waals surface area (Å²) in [6.45, 7) is 2.89. The molecular weight excluding hydrogens is 327 g/mol. The van der Waals surface area contributed by atoms with Gasteiger partial charge in [0, 0.05) is 17.6 Å². The Morgan fingerprint density at radius 1 is 1.42 bits per heavy atom. The van der Waals surface area contributed by atoms with Crippen molar-refractivity contribution in [2.75, 3.05) is 19.8 Å². The summed E-state index contributed by atoms with van der Waals surface area (Å²) >= 11 is 3.06. The van der Waals surface area contributed by atoms with Gasteiger partial charge >= 0.3 is 6.18 Å². The van der Waals surface area contributed by atoms with E-state index < -0.39 is 17.6 Å². The fraction of sp³-hybridized carbons (Fsp3) is 0.417. The van der Waals surface area contributed by atoms with Crippen molar-refractivity contribution in [3.8, 4) is 0 Å². The van der Waals surface area contributed by atoms with E-state index in [1.807, 2.05) is 6.92 Å². The highest BCUT2D eigenvalue weighted by molar-refractivity contribution is 9.10. The Kier molecular flexibility index (Phi) is 5.81. The highest BCUT2D eigenvalue weighted by Gasteiger charge is 2.31. The zero-order chi connectivity index (χ0) is 14.5. The molecule has 1 aromatic carbocycles. The van der Waals surface area contributed by atoms with Gasteiger partial charge in [-0.15, -0.1) is 0 Å². The molecule has 1 aromatic rings. The van der Waals surface area contributed by atoms with Gasteiger partial charge in [-0.2, -0.15) is 13.2 Å². The van der Waals surface area contributed by atoms with Crippen LogP contribution in [0.1, 0.15) is 22.8 Å². The van der Waals surface area contributed by atoms with Crippen LogP contribution in [0.25, 0.3) is 0 Å². The second-order valence-electron chi connectivity index (χ2n) is 3.65. The molecule has 7 heteroatoms. The monoisotopic (exact) mass is 339 g/mol. The zero-order valence-corrected chi connectivity index (χ0v) is 11.8. The number of halogens is 4. The van der Waals surface area contributed by atoms with E-state index >= 15 is 0 Å². The molecule has 0 bridgehead atoms. The van der Waals surface area contributed by atoms with Gasteiger partial charge < -0.3 is 10.1 Å². The minimum absolute atomic E-state index is 0.0497. The van der Waals surface area contributed by atoms with Gasteiger partial charge in [0.2, 0.25) is 0 Å². The van der Waals surface area contributed by atoms with Crippen LogP contribution >= 0.6 is 15.9 Å². The van der Waals surface area contributed by atoms with Crippen LogP contribution in [0.2, 0.25) is 0 Å². The van der Waals surface area contributed by atoms with Crippen molar-refractivity contribution in [2.24, 2.45) is 0 Å². The Labute approximate surface area is 117 Å². The van der Waals surface area contributed by atoms with Crippen LogP contribution in [-0.4, -0.2) is 25.7 Å². The third-order valence-electron chi connectivity index (χ3n) is 2.27. The first-order valence-electron chi connectivity index (χ1n) is 5.59. The van der Waals surface area contributed by atoms with E-state index in [1.54, 1.807) is 0 Å². The normalized spacial score (nSPS) is 11.4. The lowest BCUT2D eigenvalue weighted by Crippen LogP contribution is -2.27. The summed E-state index contributed by atoms with van der Waals surface area (Å²) in [7, 11) is 0. The number of benzene rings is 1. The predicted molar refractivity (Wildman–Crippen MR) is 68.0 cm³/mol. The van der Waals surface area contributed by atoms with Crippen LogP contribution in [0, 0.1) is 0 Å². The number of nitrogens with one attached hydrogen (secondary N) is 1. The molecule has 0 saturated heterocycles. The molecule has 0 aliphatic heterocycles. The average molecular weight is 340 g/mol. The van der Waals surface area contributed by atoms with Crippen LogP contribution in [-0.2, 0) is 10.9 Å². The first-order valence-corrected chi connectivity index (χ1v) is 6.38. The van der Waals surface area contributed by atoms with E-state index in [9.17, 15) is 18.0 Å². The number of carbonyl (C=O) groups excluding carboxylic acids is 1. The highest BCUT2D eigenvalue weighted by atomic mass is 79.9. The lowest BCUT2D eigenvalue weighted by molar-refractivity contribution is -0.137. The SMILES string of the molecule is CCOCCNC(=O)c1cc(C(F)(F)F)ccc1Br. The first-order chi connectivity index (χ1) is 8.86. The summed E-state index contributed by atoms with van der Waals surface area (Å²) in [4.78, 5) is 11.7. The third-order valence-corrected chi connectivity index (χ3v) is 2.97. The Morgan fingerprint density at radius 3 is 2.68 bits per heavy atom. The van der Waals surface area contributed by atoms with Crippen LogP contribution in [0.15, 0.2) is 22.7 Å². The van der Waals surface area contributed by atoms with Gasteiger partial charge in [0.15, 0.2) is 0 Å². The van der Waals surface area contributed by atoms with Gasteiger partial charge in [-0.1, -0.05) is 0 Å². The summed E-state index contributed by atoms with van der Waals surface area (Å²) in [6.07, 6.45) is -4.47. The van der Waals surface area contributed by atoms with Gasteiger partial charge in [0.25, 0.3) is 5.91 Å². The summed E-state index contributed by atoms with van der Waals surface area (Å²) in [5.41, 5.74) is -0.906. The van der Waals surface area contributed by atoms with Gasteiger partial charge in [-0.25, -0.2) is 0 Å². The molecule has 0 aliphatic rings. The zero-order valence-electron chi connectivity index (χ0n) is 10.2. The largest absolute Gasteiger partial charge is 0.416 e. The number of hydrogen-bond acceptors (Lipinski definition) is 2. The Morgan fingerprint density at radius 2 is 2.11 bits per heavy atom. The van der Waals surface area contributed by atoms with Crippen LogP contribution in [0.4, 0.5) is 13.2 Å². The van der Waals surface area contributed by atoms with Gasteiger partial charge in [0.05, 0.1) is 17.7 Å². The molecule has 0 aliphatic carbocycles. The van der Waals surface area contributed by atoms with Gasteiger partial charge in [0.1, 0.15) is 0 Å². The van der Waals surface area contributed by atoms with Crippen LogP contribution < -0.4 is 5.32 Å². The summed E-state index contributed by atoms with van der Waals surface area (Å²) in [5.74, 6) is -0.572. The van der Waals surface area contributed by atoms with E-state index in [2.05, 4.69) is 21.2 Å². The molecule has 0 heterocycles. The quantitative estimate of drug-likeness (QED) is 0.836. The van der Waals surface area contributed by atoms with E-state index in [0.717, 1.165) is 12.1 Å². The highest BCUT2D eigenvalue weighted by Crippen LogP contribution is 2.31. The Bertz CT molecular complexity index is 449. The van der Waals surface area contributed by atoms with Crippen LogP contribution in [0.3, 0.4) is 0 Å². The van der Waals surface area contributed by atoms with E-state index in [-0.39, 0.29) is 12.1 Å². The van der Waals surface area contributed by atoms with Crippen molar-refractivity contribution in [3.05, 3.63) is 33.8 Å². The predicted octanol–water partition coefficient (Wildman–Crippen LogP) is 3.23. The Hall–Kier alpha value is -1.08. The van der Waals surface area contributed by atoms with Crippen molar-refractivity contribution in [1.29, 1.82) is 0 Å². The Balaban J connectivity index is 2.78. The summed E-state index contributed by atoms with van der Waals surface area (Å²) < 4.78 is 43.0. The van der Waals surface area contributed by atoms with Crippen molar-refractivity contribution >= 4 is 21.8 Å². The maximum atomic E-state index is 12.5. The smallest absolute Gasteiger partial charge is 0.380 e. The van der Waals surface area contributed by atoms with Crippen molar-refractivity contribution in [3.63, 3.8) is 0 Å². The van der Waals surface area contributed by atoms with Gasteiger partial charge in [-0.3, -0.25) is 4.79 Å². The number of amides is 1. The lowest BCUT2D eigenvalue weighted by atomic mass is 10.1. The third kappa shape index (κ3) is 4.83. The molecule has 0 aromatic heterocycles. The average Bonchev–Trinajstić information content (AvgIpc) is 2.33. The maximum Gasteiger partial charge on any atom is 0.416 e. The van der Waals surface area contributed by atoms with E-state index in [0.29, 0.717) is 17.7 Å². The van der Waals surface area contributed by atoms with Crippen LogP contribution in [0.5, 0.6) is 0 Å². The maximum absolute atomic E-state index is 12.5. The van der Waals surface area contributed by atoms with Crippen molar-refractivity contribution < 1.29 is 22.7 Å². The number of rotatable bonds is 5. The van der Waals surface area contributed by atoms with E-state index in [4.69, 9.17) is 4.74 Å². The lowest BCUT2D eigenvalue weighted by Gasteiger charge is -2.11. The molecule has 19 heavy (non-hydrogen) atoms. The molecule has 0 fully saturated rings. The minimum atomic E-state index is -4.47. The number of carbonyl (C=O) groups is 1. The molecule has 1 amide bonds. The first kappa shape index (κ1) is 16.0. The van der Waals surface area contributed by atoms with Crippen molar-refractivity contribution in [2.45, 2.75) is 13.1 Å². The van der Waals surface area contributed by atoms with Crippen molar-refractivity contribution in [1.82, 2.24) is 5.32 Å². The fourth-order valence-electron chi connectivity index (χ4n) is 1.35. The standard InChI is InChI=1S/C12H13BrF3NO2/c1-2-19-6-5-17-11(18)9-7-8(12(14,15)16)3-4-10(9)13/h3-4,7H,2,5-6H2,1H3,(H,17,18). The summed E-state index contributed by atoms with van der Waals surface area (Å²) in [6, 6.07) is 2.95. The molecule has 0 spiro atoms.